The van der Waals surface area contributed by atoms with Crippen LogP contribution < -0.4 is 0 Å². The number of aliphatic hydroxyl groups excluding tert-OH is 1. The Bertz CT molecular complexity index is 443. The van der Waals surface area contributed by atoms with E-state index in [4.69, 9.17) is 4.74 Å². The molecule has 19 heavy (non-hydrogen) atoms. The highest BCUT2D eigenvalue weighted by Crippen LogP contribution is 2.34. The molecule has 1 unspecified atom stereocenters. The number of nitrogens with zero attached hydrogens (tertiary/aromatic N) is 5. The van der Waals surface area contributed by atoms with Crippen molar-refractivity contribution in [3.8, 4) is 0 Å². The molecule has 1 aromatic heterocycles. The van der Waals surface area contributed by atoms with E-state index in [0.29, 0.717) is 12.6 Å². The van der Waals surface area contributed by atoms with Crippen molar-refractivity contribution >= 4 is 0 Å². The zero-order valence-electron chi connectivity index (χ0n) is 11.5. The molecule has 106 valence electrons. The van der Waals surface area contributed by atoms with Crippen molar-refractivity contribution in [2.75, 3.05) is 19.7 Å². The molecule has 1 atom stereocenters. The van der Waals surface area contributed by atoms with Gasteiger partial charge in [-0.1, -0.05) is 0 Å². The van der Waals surface area contributed by atoms with Crippen LogP contribution in [0.4, 0.5) is 0 Å². The van der Waals surface area contributed by atoms with E-state index in [-0.39, 0.29) is 18.3 Å². The maximum Gasteiger partial charge on any atom is 0.165 e. The first-order valence-electron chi connectivity index (χ1n) is 6.85. The summed E-state index contributed by atoms with van der Waals surface area (Å²) < 4.78 is 7.75. The first-order chi connectivity index (χ1) is 9.07. The molecule has 2 aliphatic rings. The number of ether oxygens (including phenoxy) is 1. The van der Waals surface area contributed by atoms with Gasteiger partial charge in [0.15, 0.2) is 5.82 Å². The number of aliphatic hydroxyl groups is 1. The molecule has 0 spiro atoms. The van der Waals surface area contributed by atoms with Gasteiger partial charge in [0.25, 0.3) is 0 Å². The summed E-state index contributed by atoms with van der Waals surface area (Å²) in [4.78, 5) is 2.26. The van der Waals surface area contributed by atoms with E-state index in [0.717, 1.165) is 18.9 Å². The summed E-state index contributed by atoms with van der Waals surface area (Å²) in [7, 11) is 0. The van der Waals surface area contributed by atoms with Crippen LogP contribution in [0.3, 0.4) is 0 Å². The Labute approximate surface area is 112 Å². The molecule has 7 nitrogen and oxygen atoms in total. The molecule has 1 aliphatic heterocycles. The lowest BCUT2D eigenvalue weighted by Gasteiger charge is -2.42. The molecular weight excluding hydrogens is 246 g/mol. The molecule has 2 fully saturated rings. The molecular formula is C12H21N5O2. The van der Waals surface area contributed by atoms with Gasteiger partial charge in [0.05, 0.1) is 30.9 Å². The minimum absolute atomic E-state index is 0.0491. The van der Waals surface area contributed by atoms with E-state index < -0.39 is 0 Å². The van der Waals surface area contributed by atoms with Crippen LogP contribution in [-0.2, 0) is 11.3 Å². The van der Waals surface area contributed by atoms with E-state index in [1.807, 2.05) is 18.5 Å². The molecule has 3 rings (SSSR count). The zero-order chi connectivity index (χ0) is 13.5. The third-order valence-electron chi connectivity index (χ3n) is 3.57. The van der Waals surface area contributed by atoms with Crippen molar-refractivity contribution < 1.29 is 9.84 Å². The molecule has 1 aliphatic carbocycles. The molecule has 1 saturated carbocycles. The van der Waals surface area contributed by atoms with Gasteiger partial charge in [0, 0.05) is 13.1 Å². The molecule has 1 saturated heterocycles. The highest BCUT2D eigenvalue weighted by atomic mass is 16.5. The lowest BCUT2D eigenvalue weighted by Crippen LogP contribution is -2.53. The monoisotopic (exact) mass is 267 g/mol. The Morgan fingerprint density at radius 3 is 2.89 bits per heavy atom. The van der Waals surface area contributed by atoms with Crippen LogP contribution in [0.25, 0.3) is 0 Å². The van der Waals surface area contributed by atoms with Crippen LogP contribution in [0.15, 0.2) is 0 Å². The molecule has 0 amide bonds. The van der Waals surface area contributed by atoms with Crippen molar-refractivity contribution in [3.05, 3.63) is 5.82 Å². The van der Waals surface area contributed by atoms with E-state index in [2.05, 4.69) is 20.4 Å². The molecule has 1 N–H and O–H groups in total. The minimum atomic E-state index is -0.247. The van der Waals surface area contributed by atoms with Gasteiger partial charge in [-0.05, 0) is 37.1 Å². The first-order valence-corrected chi connectivity index (χ1v) is 6.85. The van der Waals surface area contributed by atoms with Gasteiger partial charge in [-0.25, -0.2) is 4.68 Å². The fourth-order valence-corrected chi connectivity index (χ4v) is 2.75. The predicted octanol–water partition coefficient (Wildman–Crippen LogP) is -0.0203. The smallest absolute Gasteiger partial charge is 0.165 e. The second-order valence-corrected chi connectivity index (χ2v) is 6.12. The second-order valence-electron chi connectivity index (χ2n) is 6.12. The Morgan fingerprint density at radius 1 is 1.42 bits per heavy atom. The Hall–Kier alpha value is -1.05. The summed E-state index contributed by atoms with van der Waals surface area (Å²) in [5.74, 6) is 0.914. The summed E-state index contributed by atoms with van der Waals surface area (Å²) >= 11 is 0. The second kappa shape index (κ2) is 4.81. The van der Waals surface area contributed by atoms with Gasteiger partial charge >= 0.3 is 0 Å². The molecule has 7 heteroatoms. The average molecular weight is 267 g/mol. The third kappa shape index (κ3) is 2.93. The lowest BCUT2D eigenvalue weighted by molar-refractivity contribution is -0.151. The van der Waals surface area contributed by atoms with E-state index in [1.165, 1.54) is 12.8 Å². The van der Waals surface area contributed by atoms with Gasteiger partial charge < -0.3 is 9.84 Å². The van der Waals surface area contributed by atoms with Crippen molar-refractivity contribution in [1.82, 2.24) is 25.1 Å². The largest absolute Gasteiger partial charge is 0.394 e. The van der Waals surface area contributed by atoms with Crippen LogP contribution in [-0.4, -0.2) is 61.6 Å². The fourth-order valence-electron chi connectivity index (χ4n) is 2.75. The number of morpholine rings is 1. The Morgan fingerprint density at radius 2 is 2.21 bits per heavy atom. The first kappa shape index (κ1) is 13.0. The van der Waals surface area contributed by atoms with Crippen molar-refractivity contribution in [3.63, 3.8) is 0 Å². The molecule has 1 aromatic rings. The lowest BCUT2D eigenvalue weighted by atomic mass is 10.1. The number of hydrogen-bond acceptors (Lipinski definition) is 6. The Kier molecular flexibility index (Phi) is 3.28. The van der Waals surface area contributed by atoms with Crippen LogP contribution in [0.1, 0.15) is 38.6 Å². The average Bonchev–Trinajstić information content (AvgIpc) is 3.08. The number of tetrazole rings is 1. The predicted molar refractivity (Wildman–Crippen MR) is 67.4 cm³/mol. The third-order valence-corrected chi connectivity index (χ3v) is 3.57. The van der Waals surface area contributed by atoms with Crippen LogP contribution >= 0.6 is 0 Å². The quantitative estimate of drug-likeness (QED) is 0.826. The summed E-state index contributed by atoms with van der Waals surface area (Å²) in [5.41, 5.74) is -0.247. The van der Waals surface area contributed by atoms with Crippen LogP contribution in [0.2, 0.25) is 0 Å². The Balaban J connectivity index is 1.69. The topological polar surface area (TPSA) is 76.3 Å². The van der Waals surface area contributed by atoms with Crippen LogP contribution in [0, 0.1) is 0 Å². The molecule has 0 bridgehead atoms. The fraction of sp³-hybridized carbons (Fsp3) is 0.917. The van der Waals surface area contributed by atoms with Crippen molar-refractivity contribution in [2.45, 2.75) is 51.0 Å². The maximum absolute atomic E-state index is 9.32. The van der Waals surface area contributed by atoms with Crippen LogP contribution in [0.5, 0.6) is 0 Å². The van der Waals surface area contributed by atoms with Gasteiger partial charge in [-0.2, -0.15) is 0 Å². The van der Waals surface area contributed by atoms with Gasteiger partial charge in [-0.3, -0.25) is 4.90 Å². The highest BCUT2D eigenvalue weighted by Gasteiger charge is 2.34. The van der Waals surface area contributed by atoms with E-state index in [1.54, 1.807) is 0 Å². The zero-order valence-corrected chi connectivity index (χ0v) is 11.5. The van der Waals surface area contributed by atoms with Gasteiger partial charge in [-0.15, -0.1) is 5.10 Å². The number of hydrogen-bond donors (Lipinski definition) is 1. The number of aromatic nitrogens is 4. The molecule has 2 heterocycles. The van der Waals surface area contributed by atoms with E-state index in [9.17, 15) is 5.11 Å². The molecule has 0 radical (unpaired) electrons. The summed E-state index contributed by atoms with van der Waals surface area (Å²) in [5, 5.41) is 21.3. The number of rotatable bonds is 4. The highest BCUT2D eigenvalue weighted by molar-refractivity contribution is 4.93. The SMILES string of the molecule is CC1(C)CN(Cc2nnnn2C2CC2)CC(CO)O1. The minimum Gasteiger partial charge on any atom is -0.394 e. The maximum atomic E-state index is 9.32. The summed E-state index contributed by atoms with van der Waals surface area (Å²) in [6.45, 7) is 6.40. The van der Waals surface area contributed by atoms with Gasteiger partial charge in [0.2, 0.25) is 0 Å². The normalized spacial score (nSPS) is 27.6. The van der Waals surface area contributed by atoms with Crippen molar-refractivity contribution in [2.24, 2.45) is 0 Å². The van der Waals surface area contributed by atoms with Gasteiger partial charge in [0.1, 0.15) is 0 Å². The molecule has 0 aromatic carbocycles. The summed E-state index contributed by atoms with van der Waals surface area (Å²) in [6, 6.07) is 0.493. The summed E-state index contributed by atoms with van der Waals surface area (Å²) in [6.07, 6.45) is 2.21. The van der Waals surface area contributed by atoms with E-state index >= 15 is 0 Å². The van der Waals surface area contributed by atoms with Crippen molar-refractivity contribution in [1.29, 1.82) is 0 Å². The standard InChI is InChI=1S/C12H21N5O2/c1-12(2)8-16(5-10(7-18)19-12)6-11-13-14-15-17(11)9-3-4-9/h9-10,18H,3-8H2,1-2H3.